The zero-order chi connectivity index (χ0) is 13.2. The van der Waals surface area contributed by atoms with Gasteiger partial charge in [0.25, 0.3) is 0 Å². The first kappa shape index (κ1) is 18.0. The van der Waals surface area contributed by atoms with Gasteiger partial charge in [0.2, 0.25) is 0 Å². The summed E-state index contributed by atoms with van der Waals surface area (Å²) in [5.74, 6) is 1.38. The number of aliphatic hydroxyl groups is 1. The number of hydrogen-bond acceptors (Lipinski definition) is 4. The van der Waals surface area contributed by atoms with E-state index in [0.29, 0.717) is 11.5 Å². The molecule has 0 radical (unpaired) electrons. The minimum absolute atomic E-state index is 0. The molecule has 1 aromatic carbocycles. The SMILES string of the molecule is CCCCNCc1ccc(OCCO)c(OC)c1.Cl. The van der Waals surface area contributed by atoms with Crippen LogP contribution in [-0.2, 0) is 6.54 Å². The van der Waals surface area contributed by atoms with E-state index in [4.69, 9.17) is 14.6 Å². The van der Waals surface area contributed by atoms with Crippen LogP contribution < -0.4 is 14.8 Å². The highest BCUT2D eigenvalue weighted by atomic mass is 35.5. The lowest BCUT2D eigenvalue weighted by Crippen LogP contribution is -2.14. The van der Waals surface area contributed by atoms with Gasteiger partial charge < -0.3 is 19.9 Å². The van der Waals surface area contributed by atoms with E-state index in [9.17, 15) is 0 Å². The van der Waals surface area contributed by atoms with E-state index in [1.54, 1.807) is 7.11 Å². The molecule has 0 spiro atoms. The standard InChI is InChI=1S/C14H23NO3.ClH/c1-3-4-7-15-11-12-5-6-13(18-9-8-16)14(10-12)17-2;/h5-6,10,15-16H,3-4,7-9,11H2,1-2H3;1H. The van der Waals surface area contributed by atoms with E-state index in [2.05, 4.69) is 12.2 Å². The van der Waals surface area contributed by atoms with Crippen molar-refractivity contribution in [3.63, 3.8) is 0 Å². The summed E-state index contributed by atoms with van der Waals surface area (Å²) in [5, 5.41) is 12.1. The maximum Gasteiger partial charge on any atom is 0.161 e. The van der Waals surface area contributed by atoms with Gasteiger partial charge in [-0.3, -0.25) is 0 Å². The lowest BCUT2D eigenvalue weighted by molar-refractivity contribution is 0.196. The number of rotatable bonds is 9. The Hall–Kier alpha value is -0.970. The number of hydrogen-bond donors (Lipinski definition) is 2. The molecule has 0 atom stereocenters. The summed E-state index contributed by atoms with van der Waals surface area (Å²) in [7, 11) is 1.62. The average molecular weight is 290 g/mol. The largest absolute Gasteiger partial charge is 0.493 e. The lowest BCUT2D eigenvalue weighted by atomic mass is 10.2. The van der Waals surface area contributed by atoms with Crippen molar-refractivity contribution in [2.24, 2.45) is 0 Å². The minimum atomic E-state index is 0. The number of halogens is 1. The molecule has 0 aliphatic rings. The maximum absolute atomic E-state index is 8.74. The predicted octanol–water partition coefficient (Wildman–Crippen LogP) is 2.38. The van der Waals surface area contributed by atoms with E-state index in [1.807, 2.05) is 18.2 Å². The molecule has 2 N–H and O–H groups in total. The fourth-order valence-electron chi connectivity index (χ4n) is 1.63. The summed E-state index contributed by atoms with van der Waals surface area (Å²) >= 11 is 0. The first-order chi connectivity index (χ1) is 8.81. The summed E-state index contributed by atoms with van der Waals surface area (Å²) in [4.78, 5) is 0. The molecule has 0 unspecified atom stereocenters. The Kier molecular flexibility index (Phi) is 10.4. The Balaban J connectivity index is 0.00000324. The lowest BCUT2D eigenvalue weighted by Gasteiger charge is -2.12. The molecule has 0 saturated carbocycles. The van der Waals surface area contributed by atoms with Crippen molar-refractivity contribution in [1.29, 1.82) is 0 Å². The molecule has 4 nitrogen and oxygen atoms in total. The fourth-order valence-corrected chi connectivity index (χ4v) is 1.63. The molecule has 0 aromatic heterocycles. The van der Waals surface area contributed by atoms with Crippen molar-refractivity contribution >= 4 is 12.4 Å². The number of ether oxygens (including phenoxy) is 2. The van der Waals surface area contributed by atoms with Crippen molar-refractivity contribution in [1.82, 2.24) is 5.32 Å². The molecule has 19 heavy (non-hydrogen) atoms. The highest BCUT2D eigenvalue weighted by Crippen LogP contribution is 2.27. The third-order valence-corrected chi connectivity index (χ3v) is 2.61. The molecule has 0 heterocycles. The van der Waals surface area contributed by atoms with Crippen LogP contribution >= 0.6 is 12.4 Å². The van der Waals surface area contributed by atoms with E-state index in [-0.39, 0.29) is 25.6 Å². The third kappa shape index (κ3) is 6.66. The van der Waals surface area contributed by atoms with Gasteiger partial charge in [0, 0.05) is 6.54 Å². The van der Waals surface area contributed by atoms with Gasteiger partial charge in [-0.05, 0) is 30.7 Å². The van der Waals surface area contributed by atoms with Crippen molar-refractivity contribution < 1.29 is 14.6 Å². The van der Waals surface area contributed by atoms with Gasteiger partial charge in [0.15, 0.2) is 11.5 Å². The second kappa shape index (κ2) is 10.9. The third-order valence-electron chi connectivity index (χ3n) is 2.61. The minimum Gasteiger partial charge on any atom is -0.493 e. The molecular formula is C14H24ClNO3. The van der Waals surface area contributed by atoms with Gasteiger partial charge in [-0.25, -0.2) is 0 Å². The van der Waals surface area contributed by atoms with Crippen molar-refractivity contribution in [2.75, 3.05) is 26.9 Å². The summed E-state index contributed by atoms with van der Waals surface area (Å²) < 4.78 is 10.7. The number of unbranched alkanes of at least 4 members (excludes halogenated alkanes) is 1. The number of aliphatic hydroxyl groups excluding tert-OH is 1. The number of nitrogens with one attached hydrogen (secondary N) is 1. The first-order valence-corrected chi connectivity index (χ1v) is 6.43. The quantitative estimate of drug-likeness (QED) is 0.685. The van der Waals surface area contributed by atoms with E-state index >= 15 is 0 Å². The van der Waals surface area contributed by atoms with Crippen molar-refractivity contribution in [3.8, 4) is 11.5 Å². The molecule has 0 amide bonds. The molecule has 0 saturated heterocycles. The zero-order valence-corrected chi connectivity index (χ0v) is 12.5. The molecule has 0 bridgehead atoms. The zero-order valence-electron chi connectivity index (χ0n) is 11.6. The van der Waals surface area contributed by atoms with Crippen LogP contribution in [0.3, 0.4) is 0 Å². The molecule has 1 aromatic rings. The highest BCUT2D eigenvalue weighted by Gasteiger charge is 2.05. The Morgan fingerprint density at radius 2 is 2.05 bits per heavy atom. The summed E-state index contributed by atoms with van der Waals surface area (Å²) in [5.41, 5.74) is 1.17. The molecule has 0 fully saturated rings. The first-order valence-electron chi connectivity index (χ1n) is 6.43. The van der Waals surface area contributed by atoms with Crippen LogP contribution in [0.25, 0.3) is 0 Å². The van der Waals surface area contributed by atoms with Gasteiger partial charge >= 0.3 is 0 Å². The van der Waals surface area contributed by atoms with E-state index < -0.39 is 0 Å². The molecular weight excluding hydrogens is 266 g/mol. The Morgan fingerprint density at radius 1 is 1.26 bits per heavy atom. The Labute approximate surface area is 121 Å². The Morgan fingerprint density at radius 3 is 2.68 bits per heavy atom. The van der Waals surface area contributed by atoms with E-state index in [1.165, 1.54) is 18.4 Å². The monoisotopic (exact) mass is 289 g/mol. The van der Waals surface area contributed by atoms with Gasteiger partial charge in [-0.2, -0.15) is 0 Å². The van der Waals surface area contributed by atoms with Crippen LogP contribution in [0.5, 0.6) is 11.5 Å². The highest BCUT2D eigenvalue weighted by molar-refractivity contribution is 5.85. The van der Waals surface area contributed by atoms with Crippen LogP contribution in [-0.4, -0.2) is 32.0 Å². The number of methoxy groups -OCH3 is 1. The maximum atomic E-state index is 8.74. The van der Waals surface area contributed by atoms with Crippen molar-refractivity contribution in [3.05, 3.63) is 23.8 Å². The van der Waals surface area contributed by atoms with Crippen LogP contribution in [0.2, 0.25) is 0 Å². The van der Waals surface area contributed by atoms with Gasteiger partial charge in [-0.1, -0.05) is 19.4 Å². The molecule has 110 valence electrons. The molecule has 0 aliphatic heterocycles. The van der Waals surface area contributed by atoms with E-state index in [0.717, 1.165) is 13.1 Å². The second-order valence-corrected chi connectivity index (χ2v) is 4.09. The van der Waals surface area contributed by atoms with Gasteiger partial charge in [0.05, 0.1) is 13.7 Å². The number of benzene rings is 1. The van der Waals surface area contributed by atoms with Crippen molar-refractivity contribution in [2.45, 2.75) is 26.3 Å². The van der Waals surface area contributed by atoms with Crippen LogP contribution in [0.1, 0.15) is 25.3 Å². The average Bonchev–Trinajstić information content (AvgIpc) is 2.41. The predicted molar refractivity (Wildman–Crippen MR) is 79.4 cm³/mol. The second-order valence-electron chi connectivity index (χ2n) is 4.09. The Bertz CT molecular complexity index is 347. The summed E-state index contributed by atoms with van der Waals surface area (Å²) in [6.45, 7) is 4.32. The summed E-state index contributed by atoms with van der Waals surface area (Å²) in [6, 6.07) is 5.85. The summed E-state index contributed by atoms with van der Waals surface area (Å²) in [6.07, 6.45) is 2.39. The fraction of sp³-hybridized carbons (Fsp3) is 0.571. The molecule has 1 rings (SSSR count). The molecule has 5 heteroatoms. The topological polar surface area (TPSA) is 50.7 Å². The van der Waals surface area contributed by atoms with Crippen LogP contribution in [0.15, 0.2) is 18.2 Å². The van der Waals surface area contributed by atoms with Gasteiger partial charge in [0.1, 0.15) is 6.61 Å². The normalized spacial score (nSPS) is 9.84. The van der Waals surface area contributed by atoms with Gasteiger partial charge in [-0.15, -0.1) is 12.4 Å². The van der Waals surface area contributed by atoms with Crippen LogP contribution in [0.4, 0.5) is 0 Å². The van der Waals surface area contributed by atoms with Crippen LogP contribution in [0, 0.1) is 0 Å². The smallest absolute Gasteiger partial charge is 0.161 e. The molecule has 0 aliphatic carbocycles.